The maximum Gasteiger partial charge on any atom is 0.196 e. The zero-order valence-corrected chi connectivity index (χ0v) is 10.2. The van der Waals surface area contributed by atoms with Gasteiger partial charge in [0.2, 0.25) is 0 Å². The monoisotopic (exact) mass is 222 g/mol. The van der Waals surface area contributed by atoms with E-state index < -0.39 is 0 Å². The molecule has 0 aromatic heterocycles. The van der Waals surface area contributed by atoms with Gasteiger partial charge in [-0.1, -0.05) is 0 Å². The van der Waals surface area contributed by atoms with Crippen molar-refractivity contribution in [2.75, 3.05) is 19.5 Å². The van der Waals surface area contributed by atoms with E-state index in [2.05, 4.69) is 13.8 Å². The first-order valence-corrected chi connectivity index (χ1v) is 6.45. The minimum Gasteiger partial charge on any atom is -0.480 e. The lowest BCUT2D eigenvalue weighted by Crippen LogP contribution is -2.30. The second-order valence-electron chi connectivity index (χ2n) is 3.79. The first-order chi connectivity index (χ1) is 6.06. The maximum atomic E-state index is 5.60. The van der Waals surface area contributed by atoms with Crippen molar-refractivity contribution in [3.05, 3.63) is 0 Å². The van der Waals surface area contributed by atoms with Gasteiger partial charge in [-0.05, 0) is 38.7 Å². The summed E-state index contributed by atoms with van der Waals surface area (Å²) in [7, 11) is 0. The molecule has 0 spiro atoms. The summed E-state index contributed by atoms with van der Waals surface area (Å²) >= 11 is 5.62. The fourth-order valence-electron chi connectivity index (χ4n) is 1.46. The van der Waals surface area contributed by atoms with Crippen LogP contribution in [0.5, 0.6) is 0 Å². The molecule has 0 amide bonds. The predicted octanol–water partition coefficient (Wildman–Crippen LogP) is 1.93. The molecule has 0 bridgehead atoms. The fraction of sp³-hybridized carbons (Fsp3) is 0.889. The standard InChI is InChI=1S/C9H18O2S2/c1-9(2)7(4-5-11-9)6-10-8(12)13-3/h7H,4-6,13H2,1-3H3. The molecule has 1 rings (SSSR count). The molecular weight excluding hydrogens is 204 g/mol. The topological polar surface area (TPSA) is 18.5 Å². The summed E-state index contributed by atoms with van der Waals surface area (Å²) in [5, 5.41) is 0. The molecule has 2 nitrogen and oxygen atoms in total. The third-order valence-electron chi connectivity index (χ3n) is 2.54. The van der Waals surface area contributed by atoms with Crippen LogP contribution in [-0.4, -0.2) is 29.5 Å². The summed E-state index contributed by atoms with van der Waals surface area (Å²) in [4.78, 5) is 0. The molecule has 1 aliphatic heterocycles. The first kappa shape index (κ1) is 11.3. The van der Waals surface area contributed by atoms with Crippen LogP contribution < -0.4 is 0 Å². The third-order valence-corrected chi connectivity index (χ3v) is 3.83. The second kappa shape index (κ2) is 4.62. The van der Waals surface area contributed by atoms with Gasteiger partial charge in [0.15, 0.2) is 4.38 Å². The summed E-state index contributed by atoms with van der Waals surface area (Å²) in [5.74, 6) is 0.488. The Bertz CT molecular complexity index is 192. The van der Waals surface area contributed by atoms with Gasteiger partial charge in [0.1, 0.15) is 0 Å². The zero-order chi connectivity index (χ0) is 9.90. The number of hydrogen-bond acceptors (Lipinski definition) is 3. The minimum absolute atomic E-state index is 0.0353. The molecule has 1 fully saturated rings. The molecule has 1 unspecified atom stereocenters. The summed E-state index contributed by atoms with van der Waals surface area (Å²) < 4.78 is 11.8. The van der Waals surface area contributed by atoms with Crippen molar-refractivity contribution in [2.24, 2.45) is 5.92 Å². The largest absolute Gasteiger partial charge is 0.480 e. The highest BCUT2D eigenvalue weighted by atomic mass is 32.2. The molecule has 0 saturated carbocycles. The van der Waals surface area contributed by atoms with Crippen molar-refractivity contribution in [2.45, 2.75) is 25.9 Å². The van der Waals surface area contributed by atoms with Gasteiger partial charge in [-0.15, -0.1) is 0 Å². The smallest absolute Gasteiger partial charge is 0.196 e. The fourth-order valence-corrected chi connectivity index (χ4v) is 1.76. The van der Waals surface area contributed by atoms with Crippen LogP contribution in [0.4, 0.5) is 0 Å². The van der Waals surface area contributed by atoms with Gasteiger partial charge >= 0.3 is 0 Å². The van der Waals surface area contributed by atoms with Gasteiger partial charge in [0, 0.05) is 12.5 Å². The van der Waals surface area contributed by atoms with E-state index >= 15 is 0 Å². The molecule has 1 aliphatic rings. The Morgan fingerprint density at radius 2 is 2.38 bits per heavy atom. The van der Waals surface area contributed by atoms with E-state index in [9.17, 15) is 0 Å². The summed E-state index contributed by atoms with van der Waals surface area (Å²) in [6, 6.07) is 0. The van der Waals surface area contributed by atoms with Crippen LogP contribution in [0.25, 0.3) is 0 Å². The third kappa shape index (κ3) is 3.11. The maximum absolute atomic E-state index is 5.60. The van der Waals surface area contributed by atoms with Crippen molar-refractivity contribution >= 4 is 28.4 Å². The van der Waals surface area contributed by atoms with Crippen molar-refractivity contribution in [3.63, 3.8) is 0 Å². The molecule has 4 heteroatoms. The van der Waals surface area contributed by atoms with Crippen molar-refractivity contribution < 1.29 is 9.47 Å². The van der Waals surface area contributed by atoms with Crippen LogP contribution in [0.15, 0.2) is 0 Å². The summed E-state index contributed by atoms with van der Waals surface area (Å²) in [5.41, 5.74) is -0.0353. The number of hydrogen-bond donors (Lipinski definition) is 0. The van der Waals surface area contributed by atoms with Crippen molar-refractivity contribution in [1.29, 1.82) is 0 Å². The average molecular weight is 222 g/mol. The van der Waals surface area contributed by atoms with Crippen LogP contribution in [0.3, 0.4) is 0 Å². The van der Waals surface area contributed by atoms with E-state index in [4.69, 9.17) is 21.7 Å². The highest BCUT2D eigenvalue weighted by Crippen LogP contribution is 2.31. The van der Waals surface area contributed by atoms with E-state index in [1.54, 1.807) is 0 Å². The van der Waals surface area contributed by atoms with Crippen LogP contribution in [0.1, 0.15) is 20.3 Å². The van der Waals surface area contributed by atoms with Gasteiger partial charge in [-0.25, -0.2) is 0 Å². The summed E-state index contributed by atoms with van der Waals surface area (Å²) in [6.07, 6.45) is 3.13. The molecule has 0 aromatic carbocycles. The van der Waals surface area contributed by atoms with Crippen molar-refractivity contribution in [1.82, 2.24) is 0 Å². The van der Waals surface area contributed by atoms with E-state index in [0.717, 1.165) is 17.4 Å². The van der Waals surface area contributed by atoms with E-state index in [1.165, 1.54) is 0 Å². The Morgan fingerprint density at radius 1 is 1.69 bits per heavy atom. The van der Waals surface area contributed by atoms with Crippen LogP contribution in [-0.2, 0) is 9.47 Å². The molecule has 1 saturated heterocycles. The Morgan fingerprint density at radius 3 is 2.85 bits per heavy atom. The Labute approximate surface area is 89.4 Å². The minimum atomic E-state index is -0.0353. The molecular formula is C9H18O2S2. The van der Waals surface area contributed by atoms with E-state index in [1.807, 2.05) is 6.26 Å². The molecule has 78 valence electrons. The highest BCUT2D eigenvalue weighted by molar-refractivity contribution is 8.22. The first-order valence-electron chi connectivity index (χ1n) is 4.54. The number of ether oxygens (including phenoxy) is 2. The molecule has 0 aromatic rings. The van der Waals surface area contributed by atoms with Crippen molar-refractivity contribution in [3.8, 4) is 0 Å². The lowest BCUT2D eigenvalue weighted by molar-refractivity contribution is -0.000466. The van der Waals surface area contributed by atoms with E-state index in [0.29, 0.717) is 24.3 Å². The molecule has 1 heterocycles. The lowest BCUT2D eigenvalue weighted by Gasteiger charge is -2.25. The lowest BCUT2D eigenvalue weighted by atomic mass is 9.92. The number of rotatable bonds is 2. The Kier molecular flexibility index (Phi) is 4.01. The van der Waals surface area contributed by atoms with Crippen LogP contribution in [0, 0.1) is 5.92 Å². The normalized spacial score (nSPS) is 27.5. The molecule has 0 aliphatic carbocycles. The average Bonchev–Trinajstić information content (AvgIpc) is 2.41. The van der Waals surface area contributed by atoms with Gasteiger partial charge < -0.3 is 9.47 Å². The molecule has 0 N–H and O–H groups in total. The molecule has 0 radical (unpaired) electrons. The summed E-state index contributed by atoms with van der Waals surface area (Å²) in [6.45, 7) is 5.80. The van der Waals surface area contributed by atoms with Gasteiger partial charge in [-0.3, -0.25) is 0 Å². The molecule has 1 atom stereocenters. The predicted molar refractivity (Wildman–Crippen MR) is 63.0 cm³/mol. The SMILES string of the molecule is C[SH2]C(=S)OCC1CCOC1(C)C. The van der Waals surface area contributed by atoms with Gasteiger partial charge in [0.25, 0.3) is 0 Å². The Hall–Kier alpha value is 0.200. The van der Waals surface area contributed by atoms with E-state index in [-0.39, 0.29) is 5.60 Å². The van der Waals surface area contributed by atoms with Gasteiger partial charge in [-0.2, -0.15) is 11.8 Å². The number of thiocarbonyl (C=S) groups is 1. The highest BCUT2D eigenvalue weighted by Gasteiger charge is 2.36. The van der Waals surface area contributed by atoms with Gasteiger partial charge in [0.05, 0.1) is 12.2 Å². The van der Waals surface area contributed by atoms with Crippen LogP contribution in [0.2, 0.25) is 0 Å². The molecule has 13 heavy (non-hydrogen) atoms. The second-order valence-corrected chi connectivity index (χ2v) is 5.47. The zero-order valence-electron chi connectivity index (χ0n) is 8.42. The van der Waals surface area contributed by atoms with Crippen LogP contribution >= 0.6 is 24.0 Å². The quantitative estimate of drug-likeness (QED) is 0.665. The Balaban J connectivity index is 2.33.